The van der Waals surface area contributed by atoms with Crippen molar-refractivity contribution in [2.75, 3.05) is 4.90 Å². The summed E-state index contributed by atoms with van der Waals surface area (Å²) in [5.41, 5.74) is 10.6. The van der Waals surface area contributed by atoms with Gasteiger partial charge >= 0.3 is 0 Å². The molecule has 0 bridgehead atoms. The highest BCUT2D eigenvalue weighted by atomic mass is 32.1. The maximum absolute atomic E-state index is 2.46. The lowest BCUT2D eigenvalue weighted by molar-refractivity contribution is 1.29. The number of hydrogen-bond acceptors (Lipinski definition) is 2. The van der Waals surface area contributed by atoms with E-state index in [9.17, 15) is 0 Å². The Balaban J connectivity index is 1.15. The first-order chi connectivity index (χ1) is 27.8. The van der Waals surface area contributed by atoms with E-state index in [2.05, 4.69) is 217 Å². The van der Waals surface area contributed by atoms with E-state index in [4.69, 9.17) is 0 Å². The molecule has 0 saturated carbocycles. The van der Waals surface area contributed by atoms with Crippen molar-refractivity contribution in [3.05, 3.63) is 212 Å². The van der Waals surface area contributed by atoms with Gasteiger partial charge in [0.2, 0.25) is 0 Å². The minimum Gasteiger partial charge on any atom is -0.310 e. The molecule has 0 fully saturated rings. The lowest BCUT2D eigenvalue weighted by Crippen LogP contribution is -2.11. The zero-order chi connectivity index (χ0) is 37.0. The largest absolute Gasteiger partial charge is 0.310 e. The second-order valence-corrected chi connectivity index (χ2v) is 15.6. The molecule has 11 rings (SSSR count). The first-order valence-electron chi connectivity index (χ1n) is 19.2. The van der Waals surface area contributed by atoms with E-state index >= 15 is 0 Å². The van der Waals surface area contributed by atoms with Crippen molar-refractivity contribution < 1.29 is 0 Å². The third kappa shape index (κ3) is 5.46. The summed E-state index contributed by atoms with van der Waals surface area (Å²) < 4.78 is 2.60. The van der Waals surface area contributed by atoms with Gasteiger partial charge in [0.05, 0.1) is 5.69 Å². The smallest absolute Gasteiger partial charge is 0.0546 e. The minimum atomic E-state index is 1.10. The average molecular weight is 730 g/mol. The Morgan fingerprint density at radius 3 is 1.73 bits per heavy atom. The summed E-state index contributed by atoms with van der Waals surface area (Å²) in [4.78, 5) is 2.46. The van der Waals surface area contributed by atoms with Crippen LogP contribution >= 0.6 is 11.3 Å². The second-order valence-electron chi connectivity index (χ2n) is 14.5. The maximum Gasteiger partial charge on any atom is 0.0546 e. The van der Waals surface area contributed by atoms with Gasteiger partial charge < -0.3 is 4.90 Å². The number of anilines is 3. The van der Waals surface area contributed by atoms with Crippen molar-refractivity contribution in [2.24, 2.45) is 0 Å². The number of nitrogens with zero attached hydrogens (tertiary/aromatic N) is 1. The van der Waals surface area contributed by atoms with Crippen molar-refractivity contribution in [3.63, 3.8) is 0 Å². The Labute approximate surface area is 330 Å². The van der Waals surface area contributed by atoms with E-state index < -0.39 is 0 Å². The highest BCUT2D eigenvalue weighted by molar-refractivity contribution is 7.25. The van der Waals surface area contributed by atoms with E-state index in [1.54, 1.807) is 0 Å². The number of hydrogen-bond donors (Lipinski definition) is 0. The molecule has 0 saturated heterocycles. The summed E-state index contributed by atoms with van der Waals surface area (Å²) in [6.45, 7) is 0. The van der Waals surface area contributed by atoms with E-state index in [0.717, 1.165) is 17.1 Å². The van der Waals surface area contributed by atoms with Crippen molar-refractivity contribution in [2.45, 2.75) is 0 Å². The molecule has 2 heteroatoms. The third-order valence-corrected chi connectivity index (χ3v) is 12.4. The highest BCUT2D eigenvalue weighted by Gasteiger charge is 2.21. The molecule has 0 spiro atoms. The van der Waals surface area contributed by atoms with Gasteiger partial charge in [0, 0.05) is 37.1 Å². The molecule has 0 unspecified atom stereocenters. The molecule has 0 aliphatic heterocycles. The topological polar surface area (TPSA) is 3.24 Å². The zero-order valence-corrected chi connectivity index (χ0v) is 31.4. The Hall–Kier alpha value is -7.00. The van der Waals surface area contributed by atoms with Gasteiger partial charge in [0.1, 0.15) is 0 Å². The van der Waals surface area contributed by atoms with E-state index in [1.807, 2.05) is 11.3 Å². The standard InChI is InChI=1S/C54H35NS/c1-2-13-37(14-3-1)46-31-27-40(44-23-12-17-36-15-4-6-18-43(36)44)34-52(46)55(42-30-32-54-51(35-42)49-22-10-11-24-53(49)56-54)41-28-25-38(26-29-41)50-33-39-16-5-7-19-45(39)47-20-8-9-21-48(47)50/h1-35H. The van der Waals surface area contributed by atoms with Crippen LogP contribution in [0.4, 0.5) is 17.1 Å². The van der Waals surface area contributed by atoms with Gasteiger partial charge in [-0.25, -0.2) is 0 Å². The van der Waals surface area contributed by atoms with Crippen LogP contribution < -0.4 is 4.90 Å². The monoisotopic (exact) mass is 729 g/mol. The van der Waals surface area contributed by atoms with Gasteiger partial charge in [0.25, 0.3) is 0 Å². The van der Waals surface area contributed by atoms with Crippen LogP contribution in [0.2, 0.25) is 0 Å². The van der Waals surface area contributed by atoms with E-state index in [0.29, 0.717) is 0 Å². The van der Waals surface area contributed by atoms with Gasteiger partial charge in [0.15, 0.2) is 0 Å². The number of benzene rings is 10. The van der Waals surface area contributed by atoms with Crippen LogP contribution in [0.1, 0.15) is 0 Å². The van der Waals surface area contributed by atoms with Gasteiger partial charge in [-0.1, -0.05) is 164 Å². The summed E-state index contributed by atoms with van der Waals surface area (Å²) in [6.07, 6.45) is 0. The average Bonchev–Trinajstić information content (AvgIpc) is 3.65. The van der Waals surface area contributed by atoms with Crippen molar-refractivity contribution in [3.8, 4) is 33.4 Å². The normalized spacial score (nSPS) is 11.6. The number of thiophene rings is 1. The zero-order valence-electron chi connectivity index (χ0n) is 30.6. The molecule has 1 aromatic heterocycles. The molecule has 0 atom stereocenters. The maximum atomic E-state index is 2.46. The SMILES string of the molecule is c1ccc(-c2ccc(-c3cccc4ccccc34)cc2N(c2ccc(-c3cc4ccccc4c4ccccc34)cc2)c2ccc3sc4ccccc4c3c2)cc1. The lowest BCUT2D eigenvalue weighted by atomic mass is 9.93. The number of fused-ring (bicyclic) bond motifs is 7. The second kappa shape index (κ2) is 13.4. The van der Waals surface area contributed by atoms with Crippen LogP contribution in [0.25, 0.3) is 85.9 Å². The fourth-order valence-corrected chi connectivity index (χ4v) is 9.67. The minimum absolute atomic E-state index is 1.10. The highest BCUT2D eigenvalue weighted by Crippen LogP contribution is 2.46. The summed E-state index contributed by atoms with van der Waals surface area (Å²) in [6, 6.07) is 77.9. The molecule has 0 N–H and O–H groups in total. The molecule has 11 aromatic rings. The Morgan fingerprint density at radius 1 is 0.286 bits per heavy atom. The molecule has 0 radical (unpaired) electrons. The molecule has 56 heavy (non-hydrogen) atoms. The summed E-state index contributed by atoms with van der Waals surface area (Å²) in [5, 5.41) is 10.1. The summed E-state index contributed by atoms with van der Waals surface area (Å²) in [7, 11) is 0. The summed E-state index contributed by atoms with van der Waals surface area (Å²) >= 11 is 1.86. The summed E-state index contributed by atoms with van der Waals surface area (Å²) in [5.74, 6) is 0. The molecule has 262 valence electrons. The van der Waals surface area contributed by atoms with Crippen molar-refractivity contribution >= 4 is 80.9 Å². The molecule has 1 nitrogen and oxygen atoms in total. The van der Waals surface area contributed by atoms with Crippen LogP contribution in [0.15, 0.2) is 212 Å². The molecule has 10 aromatic carbocycles. The fraction of sp³-hybridized carbons (Fsp3) is 0. The van der Waals surface area contributed by atoms with Gasteiger partial charge in [-0.3, -0.25) is 0 Å². The van der Waals surface area contributed by atoms with Gasteiger partial charge in [-0.05, 0) is 109 Å². The molecule has 0 amide bonds. The Morgan fingerprint density at radius 2 is 0.893 bits per heavy atom. The van der Waals surface area contributed by atoms with Crippen LogP contribution in [0.5, 0.6) is 0 Å². The third-order valence-electron chi connectivity index (χ3n) is 11.2. The van der Waals surface area contributed by atoms with Crippen LogP contribution in [-0.2, 0) is 0 Å². The molecule has 0 aliphatic rings. The first kappa shape index (κ1) is 32.4. The number of rotatable bonds is 6. The lowest BCUT2D eigenvalue weighted by Gasteiger charge is -2.29. The van der Waals surface area contributed by atoms with Crippen LogP contribution in [0.3, 0.4) is 0 Å². The van der Waals surface area contributed by atoms with Crippen molar-refractivity contribution in [1.29, 1.82) is 0 Å². The van der Waals surface area contributed by atoms with E-state index in [1.165, 1.54) is 85.9 Å². The Bertz CT molecular complexity index is 3240. The van der Waals surface area contributed by atoms with Gasteiger partial charge in [-0.2, -0.15) is 0 Å². The molecule has 1 heterocycles. The Kier molecular flexibility index (Phi) is 7.75. The van der Waals surface area contributed by atoms with Crippen LogP contribution in [0, 0.1) is 0 Å². The van der Waals surface area contributed by atoms with E-state index in [-0.39, 0.29) is 0 Å². The quantitative estimate of drug-likeness (QED) is 0.154. The molecule has 0 aliphatic carbocycles. The molecular formula is C54H35NS. The first-order valence-corrected chi connectivity index (χ1v) is 20.0. The fourth-order valence-electron chi connectivity index (χ4n) is 8.59. The van der Waals surface area contributed by atoms with Crippen LogP contribution in [-0.4, -0.2) is 0 Å². The molecular weight excluding hydrogens is 695 g/mol. The predicted octanol–water partition coefficient (Wildman–Crippen LogP) is 16.0. The van der Waals surface area contributed by atoms with Gasteiger partial charge in [-0.15, -0.1) is 11.3 Å². The predicted molar refractivity (Wildman–Crippen MR) is 243 cm³/mol. The van der Waals surface area contributed by atoms with Crippen molar-refractivity contribution in [1.82, 2.24) is 0 Å².